The van der Waals surface area contributed by atoms with E-state index in [1.54, 1.807) is 36.4 Å². The van der Waals surface area contributed by atoms with E-state index in [0.29, 0.717) is 28.2 Å². The summed E-state index contributed by atoms with van der Waals surface area (Å²) in [6.07, 6.45) is 0. The molecule has 1 aliphatic heterocycles. The average Bonchev–Trinajstić information content (AvgIpc) is 3.02. The molecule has 4 rings (SSSR count). The van der Waals surface area contributed by atoms with Crippen molar-refractivity contribution in [1.29, 1.82) is 0 Å². The van der Waals surface area contributed by atoms with Gasteiger partial charge in [0.2, 0.25) is 6.79 Å². The minimum absolute atomic E-state index is 0.0998. The van der Waals surface area contributed by atoms with Crippen molar-refractivity contribution in [3.63, 3.8) is 0 Å². The average molecular weight is 344 g/mol. The van der Waals surface area contributed by atoms with E-state index >= 15 is 0 Å². The maximum Gasteiger partial charge on any atom is 0.291 e. The number of para-hydroxylation sites is 1. The number of fused-ring (bicyclic) bond motifs is 2. The second kappa shape index (κ2) is 5.58. The van der Waals surface area contributed by atoms with Crippen LogP contribution in [0.5, 0.6) is 11.5 Å². The lowest BCUT2D eigenvalue weighted by Crippen LogP contribution is -2.15. The van der Waals surface area contributed by atoms with Crippen molar-refractivity contribution in [3.05, 3.63) is 63.5 Å². The van der Waals surface area contributed by atoms with Crippen molar-refractivity contribution in [2.45, 2.75) is 0 Å². The zero-order valence-electron chi connectivity index (χ0n) is 12.2. The van der Waals surface area contributed by atoms with Crippen LogP contribution in [0.4, 0.5) is 5.69 Å². The van der Waals surface area contributed by atoms with Crippen molar-refractivity contribution in [1.82, 2.24) is 0 Å². The molecule has 1 aromatic heterocycles. The molecule has 3 aromatic rings. The van der Waals surface area contributed by atoms with Gasteiger partial charge >= 0.3 is 0 Å². The molecular weight excluding hydrogens is 334 g/mol. The second-order valence-electron chi connectivity index (χ2n) is 5.11. The van der Waals surface area contributed by atoms with Crippen LogP contribution in [0.2, 0.25) is 5.02 Å². The van der Waals surface area contributed by atoms with E-state index in [4.69, 9.17) is 25.5 Å². The summed E-state index contributed by atoms with van der Waals surface area (Å²) in [6, 6.07) is 11.0. The van der Waals surface area contributed by atoms with Crippen LogP contribution in [0.25, 0.3) is 11.0 Å². The van der Waals surface area contributed by atoms with Gasteiger partial charge in [-0.2, -0.15) is 0 Å². The molecule has 1 N–H and O–H groups in total. The first kappa shape index (κ1) is 14.6. The van der Waals surface area contributed by atoms with E-state index in [1.165, 1.54) is 0 Å². The van der Waals surface area contributed by atoms with Gasteiger partial charge in [-0.05, 0) is 12.1 Å². The van der Waals surface area contributed by atoms with E-state index in [-0.39, 0.29) is 23.0 Å². The number of ether oxygens (including phenoxy) is 2. The number of carbonyl (C=O) groups excluding carboxylic acids is 1. The third-order valence-corrected chi connectivity index (χ3v) is 3.88. The number of benzene rings is 2. The van der Waals surface area contributed by atoms with Crippen LogP contribution >= 0.6 is 11.6 Å². The quantitative estimate of drug-likeness (QED) is 0.771. The largest absolute Gasteiger partial charge is 0.454 e. The van der Waals surface area contributed by atoms with Gasteiger partial charge in [0.05, 0.1) is 16.1 Å². The summed E-state index contributed by atoms with van der Waals surface area (Å²) in [5.41, 5.74) is 0.382. The van der Waals surface area contributed by atoms with Crippen molar-refractivity contribution < 1.29 is 18.7 Å². The highest BCUT2D eigenvalue weighted by Gasteiger charge is 2.19. The highest BCUT2D eigenvalue weighted by Crippen LogP contribution is 2.39. The Labute approximate surface area is 140 Å². The normalized spacial score (nSPS) is 12.4. The summed E-state index contributed by atoms with van der Waals surface area (Å²) >= 11 is 6.12. The molecular formula is C17H10ClNO5. The van der Waals surface area contributed by atoms with Crippen molar-refractivity contribution in [2.24, 2.45) is 0 Å². The molecule has 0 aliphatic carbocycles. The van der Waals surface area contributed by atoms with Crippen LogP contribution in [-0.4, -0.2) is 12.7 Å². The van der Waals surface area contributed by atoms with E-state index in [0.717, 1.165) is 6.07 Å². The standard InChI is InChI=1S/C17H10ClNO5/c18-10-5-14-15(23-8-22-14)6-11(10)19-17(21)16-7-12(20)9-3-1-2-4-13(9)24-16/h1-7H,8H2,(H,19,21). The van der Waals surface area contributed by atoms with Gasteiger partial charge in [0.1, 0.15) is 5.58 Å². The van der Waals surface area contributed by atoms with Crippen molar-refractivity contribution in [3.8, 4) is 11.5 Å². The number of carbonyl (C=O) groups is 1. The zero-order chi connectivity index (χ0) is 16.7. The van der Waals surface area contributed by atoms with Gasteiger partial charge in [0, 0.05) is 18.2 Å². The van der Waals surface area contributed by atoms with Gasteiger partial charge in [-0.3, -0.25) is 9.59 Å². The van der Waals surface area contributed by atoms with Gasteiger partial charge in [0.25, 0.3) is 5.91 Å². The predicted molar refractivity (Wildman–Crippen MR) is 88.0 cm³/mol. The molecule has 0 atom stereocenters. The Bertz CT molecular complexity index is 1030. The molecule has 7 heteroatoms. The summed E-state index contributed by atoms with van der Waals surface area (Å²) in [4.78, 5) is 24.5. The molecule has 2 heterocycles. The van der Waals surface area contributed by atoms with Crippen LogP contribution in [0.15, 0.2) is 51.7 Å². The summed E-state index contributed by atoms with van der Waals surface area (Å²) in [5, 5.41) is 3.31. The van der Waals surface area contributed by atoms with Crippen LogP contribution in [0.3, 0.4) is 0 Å². The smallest absolute Gasteiger partial charge is 0.291 e. The Morgan fingerprint density at radius 2 is 1.83 bits per heavy atom. The first-order chi connectivity index (χ1) is 11.6. The van der Waals surface area contributed by atoms with Crippen LogP contribution in [-0.2, 0) is 0 Å². The maximum atomic E-state index is 12.4. The van der Waals surface area contributed by atoms with Crippen LogP contribution < -0.4 is 20.2 Å². The Kier molecular flexibility index (Phi) is 3.39. The molecule has 0 radical (unpaired) electrons. The monoisotopic (exact) mass is 343 g/mol. The lowest BCUT2D eigenvalue weighted by molar-refractivity contribution is 0.0997. The fourth-order valence-corrected chi connectivity index (χ4v) is 2.61. The van der Waals surface area contributed by atoms with E-state index in [2.05, 4.69) is 5.32 Å². The molecule has 2 aromatic carbocycles. The Hall–Kier alpha value is -2.99. The molecule has 0 saturated carbocycles. The highest BCUT2D eigenvalue weighted by atomic mass is 35.5. The lowest BCUT2D eigenvalue weighted by atomic mass is 10.2. The minimum Gasteiger partial charge on any atom is -0.454 e. The Balaban J connectivity index is 1.69. The SMILES string of the molecule is O=C(Nc1cc2c(cc1Cl)OCO2)c1cc(=O)c2ccccc2o1. The topological polar surface area (TPSA) is 77.8 Å². The third kappa shape index (κ3) is 2.47. The number of amides is 1. The molecule has 0 bridgehead atoms. The predicted octanol–water partition coefficient (Wildman–Crippen LogP) is 3.43. The first-order valence-electron chi connectivity index (χ1n) is 7.05. The van der Waals surface area contributed by atoms with Crippen LogP contribution in [0, 0.1) is 0 Å². The molecule has 0 saturated heterocycles. The lowest BCUT2D eigenvalue weighted by Gasteiger charge is -2.08. The molecule has 1 amide bonds. The Morgan fingerprint density at radius 1 is 1.08 bits per heavy atom. The number of hydrogen-bond acceptors (Lipinski definition) is 5. The molecule has 0 fully saturated rings. The second-order valence-corrected chi connectivity index (χ2v) is 5.52. The fraction of sp³-hybridized carbons (Fsp3) is 0.0588. The summed E-state index contributed by atoms with van der Waals surface area (Å²) in [6.45, 7) is 0.0998. The van der Waals surface area contributed by atoms with Gasteiger partial charge < -0.3 is 19.2 Å². The first-order valence-corrected chi connectivity index (χ1v) is 7.43. The van der Waals surface area contributed by atoms with E-state index in [1.807, 2.05) is 0 Å². The molecule has 24 heavy (non-hydrogen) atoms. The number of anilines is 1. The van der Waals surface area contributed by atoms with Gasteiger partial charge in [0.15, 0.2) is 22.7 Å². The van der Waals surface area contributed by atoms with Crippen molar-refractivity contribution in [2.75, 3.05) is 12.1 Å². The number of nitrogens with one attached hydrogen (secondary N) is 1. The molecule has 0 unspecified atom stereocenters. The van der Waals surface area contributed by atoms with Gasteiger partial charge in [-0.25, -0.2) is 0 Å². The fourth-order valence-electron chi connectivity index (χ4n) is 2.41. The summed E-state index contributed by atoms with van der Waals surface area (Å²) in [7, 11) is 0. The Morgan fingerprint density at radius 3 is 2.67 bits per heavy atom. The van der Waals surface area contributed by atoms with Gasteiger partial charge in [-0.1, -0.05) is 23.7 Å². The highest BCUT2D eigenvalue weighted by molar-refractivity contribution is 6.34. The number of hydrogen-bond donors (Lipinski definition) is 1. The summed E-state index contributed by atoms with van der Waals surface area (Å²) < 4.78 is 16.0. The maximum absolute atomic E-state index is 12.4. The van der Waals surface area contributed by atoms with E-state index < -0.39 is 5.91 Å². The van der Waals surface area contributed by atoms with Crippen molar-refractivity contribution >= 4 is 34.2 Å². The van der Waals surface area contributed by atoms with E-state index in [9.17, 15) is 9.59 Å². The number of rotatable bonds is 2. The third-order valence-electron chi connectivity index (χ3n) is 3.57. The zero-order valence-corrected chi connectivity index (χ0v) is 12.9. The van der Waals surface area contributed by atoms with Crippen LogP contribution in [0.1, 0.15) is 10.6 Å². The molecule has 0 spiro atoms. The molecule has 6 nitrogen and oxygen atoms in total. The minimum atomic E-state index is -0.585. The van der Waals surface area contributed by atoms with Gasteiger partial charge in [-0.15, -0.1) is 0 Å². The number of halogens is 1. The molecule has 120 valence electrons. The molecule has 1 aliphatic rings. The summed E-state index contributed by atoms with van der Waals surface area (Å²) in [5.74, 6) is 0.302.